The molecule has 1 unspecified atom stereocenters. The average Bonchev–Trinajstić information content (AvgIpc) is 2.37. The standard InChI is InChI=1S/C9H14O4.C3H4O2/c1-3-8(11)13-7-9(12,4-2)5-6-10;1-2-3(4)5/h3-4,10,12H,1-2,5-7H2;2H,1H2,(H,4,5). The second kappa shape index (κ2) is 10.2. The van der Waals surface area contributed by atoms with Gasteiger partial charge < -0.3 is 20.1 Å². The zero-order chi connectivity index (χ0) is 14.6. The lowest BCUT2D eigenvalue weighted by Crippen LogP contribution is -2.34. The number of esters is 1. The molecular weight excluding hydrogens is 240 g/mol. The van der Waals surface area contributed by atoms with E-state index in [2.05, 4.69) is 24.5 Å². The summed E-state index contributed by atoms with van der Waals surface area (Å²) in [5, 5.41) is 25.8. The number of carbonyl (C=O) groups is 2. The monoisotopic (exact) mass is 258 g/mol. The molecule has 3 N–H and O–H groups in total. The highest BCUT2D eigenvalue weighted by atomic mass is 16.5. The van der Waals surface area contributed by atoms with E-state index in [0.29, 0.717) is 0 Å². The fourth-order valence-electron chi connectivity index (χ4n) is 0.682. The summed E-state index contributed by atoms with van der Waals surface area (Å²) in [6.45, 7) is 9.12. The predicted octanol–water partition coefficient (Wildman–Crippen LogP) is 0.272. The quantitative estimate of drug-likeness (QED) is 0.344. The van der Waals surface area contributed by atoms with Gasteiger partial charge in [-0.05, 0) is 0 Å². The molecule has 0 aliphatic carbocycles. The molecule has 0 spiro atoms. The van der Waals surface area contributed by atoms with Crippen LogP contribution < -0.4 is 0 Å². The molecular formula is C12H18O6. The van der Waals surface area contributed by atoms with E-state index in [9.17, 15) is 14.7 Å². The summed E-state index contributed by atoms with van der Waals surface area (Å²) in [7, 11) is 0. The second-order valence-electron chi connectivity index (χ2n) is 3.14. The number of carboxylic acid groups (broad SMARTS) is 1. The number of hydrogen-bond donors (Lipinski definition) is 3. The van der Waals surface area contributed by atoms with E-state index in [1.54, 1.807) is 0 Å². The molecule has 0 aliphatic heterocycles. The van der Waals surface area contributed by atoms with Crippen molar-refractivity contribution in [1.82, 2.24) is 0 Å². The van der Waals surface area contributed by atoms with Gasteiger partial charge in [-0.25, -0.2) is 9.59 Å². The van der Waals surface area contributed by atoms with Crippen molar-refractivity contribution in [2.75, 3.05) is 13.2 Å². The number of ether oxygens (including phenoxy) is 1. The van der Waals surface area contributed by atoms with Crippen molar-refractivity contribution in [3.63, 3.8) is 0 Å². The Bertz CT molecular complexity index is 310. The Kier molecular flexibility index (Phi) is 10.5. The van der Waals surface area contributed by atoms with Crippen molar-refractivity contribution < 1.29 is 29.6 Å². The van der Waals surface area contributed by atoms with E-state index >= 15 is 0 Å². The van der Waals surface area contributed by atoms with Crippen LogP contribution in [0, 0.1) is 0 Å². The predicted molar refractivity (Wildman–Crippen MR) is 65.8 cm³/mol. The lowest BCUT2D eigenvalue weighted by molar-refractivity contribution is -0.143. The third kappa shape index (κ3) is 10.6. The number of aliphatic carboxylic acids is 1. The molecule has 0 aromatic heterocycles. The minimum Gasteiger partial charge on any atom is -0.478 e. The van der Waals surface area contributed by atoms with Crippen molar-refractivity contribution >= 4 is 11.9 Å². The number of carboxylic acids is 1. The van der Waals surface area contributed by atoms with Crippen LogP contribution in [-0.2, 0) is 14.3 Å². The van der Waals surface area contributed by atoms with Gasteiger partial charge in [0.15, 0.2) is 0 Å². The molecule has 18 heavy (non-hydrogen) atoms. The number of rotatable bonds is 7. The summed E-state index contributed by atoms with van der Waals surface area (Å²) in [5.74, 6) is -1.59. The van der Waals surface area contributed by atoms with Crippen LogP contribution in [0.2, 0.25) is 0 Å². The van der Waals surface area contributed by atoms with Gasteiger partial charge in [-0.1, -0.05) is 19.2 Å². The molecule has 6 nitrogen and oxygen atoms in total. The van der Waals surface area contributed by atoms with Crippen LogP contribution in [0.1, 0.15) is 6.42 Å². The first kappa shape index (κ1) is 18.4. The van der Waals surface area contributed by atoms with Crippen LogP contribution in [0.25, 0.3) is 0 Å². The van der Waals surface area contributed by atoms with E-state index in [1.165, 1.54) is 6.08 Å². The number of carbonyl (C=O) groups excluding carboxylic acids is 1. The maximum atomic E-state index is 10.6. The number of hydrogen-bond acceptors (Lipinski definition) is 5. The van der Waals surface area contributed by atoms with Crippen LogP contribution in [0.4, 0.5) is 0 Å². The highest BCUT2D eigenvalue weighted by molar-refractivity contribution is 5.81. The summed E-state index contributed by atoms with van der Waals surface area (Å²) in [6.07, 6.45) is 3.16. The van der Waals surface area contributed by atoms with E-state index < -0.39 is 17.5 Å². The normalized spacial score (nSPS) is 12.1. The first-order valence-electron chi connectivity index (χ1n) is 4.96. The number of aliphatic hydroxyl groups excluding tert-OH is 1. The Balaban J connectivity index is 0. The molecule has 1 atom stereocenters. The van der Waals surface area contributed by atoms with Gasteiger partial charge in [-0.3, -0.25) is 0 Å². The smallest absolute Gasteiger partial charge is 0.330 e. The Morgan fingerprint density at radius 2 is 1.72 bits per heavy atom. The zero-order valence-electron chi connectivity index (χ0n) is 10.0. The summed E-state index contributed by atoms with van der Waals surface area (Å²) in [5.41, 5.74) is -1.35. The fourth-order valence-corrected chi connectivity index (χ4v) is 0.682. The van der Waals surface area contributed by atoms with Gasteiger partial charge in [-0.2, -0.15) is 0 Å². The first-order valence-corrected chi connectivity index (χ1v) is 4.96. The molecule has 0 rings (SSSR count). The molecule has 0 fully saturated rings. The topological polar surface area (TPSA) is 104 Å². The fraction of sp³-hybridized carbons (Fsp3) is 0.333. The summed E-state index contributed by atoms with van der Waals surface area (Å²) in [6, 6.07) is 0. The van der Waals surface area contributed by atoms with E-state index in [0.717, 1.165) is 12.2 Å². The van der Waals surface area contributed by atoms with Gasteiger partial charge in [0.2, 0.25) is 0 Å². The van der Waals surface area contributed by atoms with Crippen LogP contribution in [0.5, 0.6) is 0 Å². The van der Waals surface area contributed by atoms with E-state index in [1.807, 2.05) is 0 Å². The van der Waals surface area contributed by atoms with Crippen LogP contribution in [0.3, 0.4) is 0 Å². The first-order chi connectivity index (χ1) is 8.35. The van der Waals surface area contributed by atoms with Crippen molar-refractivity contribution in [2.24, 2.45) is 0 Å². The largest absolute Gasteiger partial charge is 0.478 e. The summed E-state index contributed by atoms with van der Waals surface area (Å²) >= 11 is 0. The van der Waals surface area contributed by atoms with Gasteiger partial charge in [0.05, 0.1) is 0 Å². The maximum absolute atomic E-state index is 10.6. The van der Waals surface area contributed by atoms with Crippen molar-refractivity contribution in [3.8, 4) is 0 Å². The highest BCUT2D eigenvalue weighted by Crippen LogP contribution is 2.11. The molecule has 0 bridgehead atoms. The van der Waals surface area contributed by atoms with E-state index in [4.69, 9.17) is 10.2 Å². The third-order valence-electron chi connectivity index (χ3n) is 1.73. The third-order valence-corrected chi connectivity index (χ3v) is 1.73. The van der Waals surface area contributed by atoms with Gasteiger partial charge in [-0.15, -0.1) is 6.58 Å². The lowest BCUT2D eigenvalue weighted by atomic mass is 10.0. The maximum Gasteiger partial charge on any atom is 0.330 e. The Morgan fingerprint density at radius 3 is 2.00 bits per heavy atom. The zero-order valence-corrected chi connectivity index (χ0v) is 10.0. The molecule has 0 aromatic carbocycles. The molecule has 0 aromatic rings. The lowest BCUT2D eigenvalue weighted by Gasteiger charge is -2.22. The average molecular weight is 258 g/mol. The molecule has 0 aliphatic rings. The second-order valence-corrected chi connectivity index (χ2v) is 3.14. The van der Waals surface area contributed by atoms with Crippen molar-refractivity contribution in [1.29, 1.82) is 0 Å². The van der Waals surface area contributed by atoms with Crippen LogP contribution in [-0.4, -0.2) is 46.1 Å². The van der Waals surface area contributed by atoms with Crippen molar-refractivity contribution in [2.45, 2.75) is 12.0 Å². The van der Waals surface area contributed by atoms with Crippen LogP contribution in [0.15, 0.2) is 38.0 Å². The number of aliphatic hydroxyl groups is 2. The van der Waals surface area contributed by atoms with Gasteiger partial charge in [0.1, 0.15) is 12.2 Å². The molecule has 0 saturated carbocycles. The molecule has 0 radical (unpaired) electrons. The molecule has 0 heterocycles. The Morgan fingerprint density at radius 1 is 1.22 bits per heavy atom. The SMILES string of the molecule is C=CC(=O)O.C=CC(=O)OCC(O)(C=C)CCO. The van der Waals surface area contributed by atoms with Gasteiger partial charge in [0, 0.05) is 25.2 Å². The summed E-state index contributed by atoms with van der Waals surface area (Å²) in [4.78, 5) is 19.9. The van der Waals surface area contributed by atoms with Gasteiger partial charge in [0.25, 0.3) is 0 Å². The minimum absolute atomic E-state index is 0.0842. The molecule has 102 valence electrons. The molecule has 0 amide bonds. The van der Waals surface area contributed by atoms with Crippen molar-refractivity contribution in [3.05, 3.63) is 38.0 Å². The Hall–Kier alpha value is -1.92. The molecule has 6 heteroatoms. The molecule has 0 saturated heterocycles. The van der Waals surface area contributed by atoms with Crippen LogP contribution >= 0.6 is 0 Å². The minimum atomic E-state index is -1.35. The Labute approximate surface area is 106 Å². The highest BCUT2D eigenvalue weighted by Gasteiger charge is 2.23. The van der Waals surface area contributed by atoms with E-state index in [-0.39, 0.29) is 19.6 Å². The van der Waals surface area contributed by atoms with Gasteiger partial charge >= 0.3 is 11.9 Å². The summed E-state index contributed by atoms with van der Waals surface area (Å²) < 4.78 is 4.61.